The molecule has 1 unspecified atom stereocenters. The molecule has 1 rings (SSSR count). The van der Waals surface area contributed by atoms with E-state index in [1.54, 1.807) is 12.4 Å². The van der Waals surface area contributed by atoms with Gasteiger partial charge in [0.15, 0.2) is 0 Å². The van der Waals surface area contributed by atoms with Gasteiger partial charge in [-0.15, -0.1) is 0 Å². The third-order valence-corrected chi connectivity index (χ3v) is 2.29. The third kappa shape index (κ3) is 1.98. The van der Waals surface area contributed by atoms with Crippen LogP contribution in [0.3, 0.4) is 0 Å². The van der Waals surface area contributed by atoms with E-state index < -0.39 is 11.9 Å². The van der Waals surface area contributed by atoms with Crippen molar-refractivity contribution in [2.24, 2.45) is 0 Å². The van der Waals surface area contributed by atoms with Gasteiger partial charge in [-0.3, -0.25) is 14.8 Å². The predicted molar refractivity (Wildman–Crippen MR) is 45.0 cm³/mol. The SMILES string of the molecule is CCC(=O)N1CCCC1C(=O)NO. The maximum absolute atomic E-state index is 11.3. The van der Waals surface area contributed by atoms with Crippen molar-refractivity contribution in [3.8, 4) is 0 Å². The average Bonchev–Trinajstić information content (AvgIpc) is 2.63. The van der Waals surface area contributed by atoms with Crippen LogP contribution in [0.4, 0.5) is 0 Å². The number of likely N-dealkylation sites (tertiary alicyclic amines) is 1. The van der Waals surface area contributed by atoms with Crippen molar-refractivity contribution in [2.45, 2.75) is 32.2 Å². The zero-order valence-electron chi connectivity index (χ0n) is 7.62. The monoisotopic (exact) mass is 186 g/mol. The van der Waals surface area contributed by atoms with E-state index in [0.717, 1.165) is 6.42 Å². The number of nitrogens with zero attached hydrogens (tertiary/aromatic N) is 1. The van der Waals surface area contributed by atoms with Gasteiger partial charge in [0.25, 0.3) is 5.91 Å². The molecule has 0 radical (unpaired) electrons. The number of rotatable bonds is 2. The molecule has 2 N–H and O–H groups in total. The van der Waals surface area contributed by atoms with Gasteiger partial charge in [-0.05, 0) is 12.8 Å². The molecule has 5 nitrogen and oxygen atoms in total. The van der Waals surface area contributed by atoms with Crippen LogP contribution in [0.2, 0.25) is 0 Å². The molecule has 0 aromatic carbocycles. The first-order valence-electron chi connectivity index (χ1n) is 4.44. The number of amides is 2. The Kier molecular flexibility index (Phi) is 3.25. The maximum Gasteiger partial charge on any atom is 0.266 e. The summed E-state index contributed by atoms with van der Waals surface area (Å²) >= 11 is 0. The van der Waals surface area contributed by atoms with Crippen molar-refractivity contribution in [1.29, 1.82) is 0 Å². The Morgan fingerprint density at radius 1 is 1.62 bits per heavy atom. The highest BCUT2D eigenvalue weighted by Crippen LogP contribution is 2.17. The first-order valence-corrected chi connectivity index (χ1v) is 4.44. The standard InChI is InChI=1S/C8H14N2O3/c1-2-7(11)10-5-3-4-6(10)8(12)9-13/h6,13H,2-5H2,1H3,(H,9,12). The smallest absolute Gasteiger partial charge is 0.266 e. The van der Waals surface area contributed by atoms with E-state index in [4.69, 9.17) is 5.21 Å². The van der Waals surface area contributed by atoms with Crippen LogP contribution in [-0.4, -0.2) is 34.5 Å². The maximum atomic E-state index is 11.3. The van der Waals surface area contributed by atoms with Crippen LogP contribution >= 0.6 is 0 Å². The average molecular weight is 186 g/mol. The molecule has 5 heteroatoms. The molecule has 1 fully saturated rings. The van der Waals surface area contributed by atoms with Crippen molar-refractivity contribution < 1.29 is 14.8 Å². The van der Waals surface area contributed by atoms with Gasteiger partial charge in [0.2, 0.25) is 5.91 Å². The van der Waals surface area contributed by atoms with E-state index in [2.05, 4.69) is 0 Å². The van der Waals surface area contributed by atoms with Crippen LogP contribution in [0.1, 0.15) is 26.2 Å². The minimum atomic E-state index is -0.487. The Morgan fingerprint density at radius 2 is 2.31 bits per heavy atom. The summed E-state index contributed by atoms with van der Waals surface area (Å²) in [6.45, 7) is 2.37. The normalized spacial score (nSPS) is 21.7. The van der Waals surface area contributed by atoms with Crippen molar-refractivity contribution in [2.75, 3.05) is 6.54 Å². The second-order valence-electron chi connectivity index (χ2n) is 3.07. The molecule has 1 atom stereocenters. The summed E-state index contributed by atoms with van der Waals surface area (Å²) in [6, 6.07) is -0.475. The lowest BCUT2D eigenvalue weighted by Crippen LogP contribution is -2.44. The number of nitrogens with one attached hydrogen (secondary N) is 1. The van der Waals surface area contributed by atoms with Crippen LogP contribution in [-0.2, 0) is 9.59 Å². The lowest BCUT2D eigenvalue weighted by Gasteiger charge is -2.22. The van der Waals surface area contributed by atoms with E-state index in [1.165, 1.54) is 4.90 Å². The molecule has 2 amide bonds. The molecule has 0 aromatic rings. The zero-order valence-corrected chi connectivity index (χ0v) is 7.62. The van der Waals surface area contributed by atoms with Gasteiger partial charge in [-0.2, -0.15) is 0 Å². The fourth-order valence-corrected chi connectivity index (χ4v) is 1.62. The number of hydrogen-bond acceptors (Lipinski definition) is 3. The zero-order chi connectivity index (χ0) is 9.84. The Bertz CT molecular complexity index is 195. The molecule has 13 heavy (non-hydrogen) atoms. The molecule has 1 saturated heterocycles. The summed E-state index contributed by atoms with van der Waals surface area (Å²) < 4.78 is 0. The lowest BCUT2D eigenvalue weighted by atomic mass is 10.2. The summed E-state index contributed by atoms with van der Waals surface area (Å²) in [6.07, 6.45) is 1.86. The van der Waals surface area contributed by atoms with E-state index in [-0.39, 0.29) is 5.91 Å². The summed E-state index contributed by atoms with van der Waals surface area (Å²) in [4.78, 5) is 23.9. The van der Waals surface area contributed by atoms with Crippen molar-refractivity contribution in [1.82, 2.24) is 10.4 Å². The highest BCUT2D eigenvalue weighted by atomic mass is 16.5. The fourth-order valence-electron chi connectivity index (χ4n) is 1.62. The van der Waals surface area contributed by atoms with E-state index in [0.29, 0.717) is 19.4 Å². The number of carbonyl (C=O) groups is 2. The minimum Gasteiger partial charge on any atom is -0.331 e. The van der Waals surface area contributed by atoms with Crippen molar-refractivity contribution in [3.05, 3.63) is 0 Å². The molecule has 0 bridgehead atoms. The van der Waals surface area contributed by atoms with Gasteiger partial charge in [-0.25, -0.2) is 5.48 Å². The topological polar surface area (TPSA) is 69.6 Å². The lowest BCUT2D eigenvalue weighted by molar-refractivity contribution is -0.142. The van der Waals surface area contributed by atoms with Crippen molar-refractivity contribution >= 4 is 11.8 Å². The van der Waals surface area contributed by atoms with Crippen LogP contribution in [0.5, 0.6) is 0 Å². The molecule has 1 heterocycles. The second-order valence-corrected chi connectivity index (χ2v) is 3.07. The first kappa shape index (κ1) is 9.98. The van der Waals surface area contributed by atoms with Gasteiger partial charge >= 0.3 is 0 Å². The molecule has 0 spiro atoms. The number of hydrogen-bond donors (Lipinski definition) is 2. The molecule has 74 valence electrons. The molecule has 0 aliphatic carbocycles. The fraction of sp³-hybridized carbons (Fsp3) is 0.750. The van der Waals surface area contributed by atoms with Crippen LogP contribution < -0.4 is 5.48 Å². The van der Waals surface area contributed by atoms with Crippen LogP contribution in [0, 0.1) is 0 Å². The van der Waals surface area contributed by atoms with E-state index in [9.17, 15) is 9.59 Å². The van der Waals surface area contributed by atoms with E-state index in [1.807, 2.05) is 0 Å². The van der Waals surface area contributed by atoms with Gasteiger partial charge in [0.05, 0.1) is 0 Å². The molecule has 1 aliphatic rings. The summed E-state index contributed by atoms with van der Waals surface area (Å²) in [5.74, 6) is -0.523. The van der Waals surface area contributed by atoms with Crippen LogP contribution in [0.15, 0.2) is 0 Å². The third-order valence-electron chi connectivity index (χ3n) is 2.29. The Hall–Kier alpha value is -1.10. The van der Waals surface area contributed by atoms with Gasteiger partial charge in [-0.1, -0.05) is 6.92 Å². The van der Waals surface area contributed by atoms with Crippen LogP contribution in [0.25, 0.3) is 0 Å². The quantitative estimate of drug-likeness (QED) is 0.467. The highest BCUT2D eigenvalue weighted by Gasteiger charge is 2.32. The second kappa shape index (κ2) is 4.23. The summed E-state index contributed by atoms with van der Waals surface area (Å²) in [7, 11) is 0. The predicted octanol–water partition coefficient (Wildman–Crippen LogP) is -0.107. The van der Waals surface area contributed by atoms with E-state index >= 15 is 0 Å². The Balaban J connectivity index is 2.63. The van der Waals surface area contributed by atoms with Gasteiger partial charge in [0, 0.05) is 13.0 Å². The minimum absolute atomic E-state index is 0.0360. The summed E-state index contributed by atoms with van der Waals surface area (Å²) in [5, 5.41) is 8.43. The van der Waals surface area contributed by atoms with Crippen molar-refractivity contribution in [3.63, 3.8) is 0 Å². The summed E-state index contributed by atoms with van der Waals surface area (Å²) in [5.41, 5.74) is 1.58. The largest absolute Gasteiger partial charge is 0.331 e. The van der Waals surface area contributed by atoms with Gasteiger partial charge < -0.3 is 4.90 Å². The Morgan fingerprint density at radius 3 is 2.85 bits per heavy atom. The Labute approximate surface area is 76.7 Å². The number of hydroxylamine groups is 1. The highest BCUT2D eigenvalue weighted by molar-refractivity contribution is 5.87. The number of carbonyl (C=O) groups excluding carboxylic acids is 2. The molecule has 0 saturated carbocycles. The van der Waals surface area contributed by atoms with Gasteiger partial charge in [0.1, 0.15) is 6.04 Å². The molecule has 0 aromatic heterocycles. The first-order chi connectivity index (χ1) is 6.20. The molecule has 1 aliphatic heterocycles. The molecular weight excluding hydrogens is 172 g/mol. The molecular formula is C8H14N2O3.